The van der Waals surface area contributed by atoms with Crippen LogP contribution in [0.5, 0.6) is 0 Å². The van der Waals surface area contributed by atoms with Gasteiger partial charge in [-0.25, -0.2) is 59.6 Å². The number of alkyl halides is 6. The number of ether oxygens (including phenoxy) is 5. The number of carboxylic acids is 2. The first kappa shape index (κ1) is 84.5. The Morgan fingerprint density at radius 1 is 0.477 bits per heavy atom. The summed E-state index contributed by atoms with van der Waals surface area (Å²) in [6.07, 6.45) is 12.1. The summed E-state index contributed by atoms with van der Waals surface area (Å²) in [5, 5.41) is 47.6. The molecular formula is C68H84F6LiN21O15. The van der Waals surface area contributed by atoms with E-state index in [1.54, 1.807) is 30.7 Å². The number of amides is 2. The van der Waals surface area contributed by atoms with Crippen molar-refractivity contribution in [2.75, 3.05) is 124 Å². The normalized spacial score (nSPS) is 19.9. The monoisotopic (exact) mass is 1560 g/mol. The molecule has 2 amide bonds. The molecule has 111 heavy (non-hydrogen) atoms. The van der Waals surface area contributed by atoms with Crippen molar-refractivity contribution in [2.24, 2.45) is 17.8 Å². The fourth-order valence-corrected chi connectivity index (χ4v) is 13.9. The fourth-order valence-electron chi connectivity index (χ4n) is 13.9. The number of halogens is 6. The van der Waals surface area contributed by atoms with E-state index in [4.69, 9.17) is 34.5 Å². The van der Waals surface area contributed by atoms with Gasteiger partial charge in [0.15, 0.2) is 34.0 Å². The number of nitrogen functional groups attached to an aromatic ring is 1. The van der Waals surface area contributed by atoms with E-state index in [2.05, 4.69) is 61.1 Å². The summed E-state index contributed by atoms with van der Waals surface area (Å²) >= 11 is 0. The third-order valence-electron chi connectivity index (χ3n) is 19.8. The molecule has 3 aliphatic carbocycles. The Hall–Kier alpha value is -10.5. The van der Waals surface area contributed by atoms with E-state index in [1.165, 1.54) is 79.0 Å². The van der Waals surface area contributed by atoms with Gasteiger partial charge in [0.25, 0.3) is 31.1 Å². The Morgan fingerprint density at radius 3 is 1.09 bits per heavy atom. The quantitative estimate of drug-likeness (QED) is 0.0484. The van der Waals surface area contributed by atoms with Crippen LogP contribution in [-0.4, -0.2) is 223 Å². The molecule has 3 aliphatic heterocycles. The number of carbonyl (C=O) groups is 6. The van der Waals surface area contributed by atoms with Crippen molar-refractivity contribution in [1.29, 1.82) is 0 Å². The van der Waals surface area contributed by atoms with Gasteiger partial charge in [-0.15, -0.1) is 0 Å². The minimum absolute atomic E-state index is 0. The number of hydrogen-bond donors (Lipinski definition) is 5. The summed E-state index contributed by atoms with van der Waals surface area (Å²) < 4.78 is 115. The van der Waals surface area contributed by atoms with Crippen molar-refractivity contribution in [3.8, 4) is 0 Å². The third-order valence-corrected chi connectivity index (χ3v) is 19.8. The van der Waals surface area contributed by atoms with Crippen molar-refractivity contribution in [3.05, 3.63) is 108 Å². The molecule has 9 aromatic heterocycles. The molecule has 0 bridgehead atoms. The molecule has 9 aromatic rings. The Kier molecular flexibility index (Phi) is 29.2. The number of hydrogen-bond acceptors (Lipinski definition) is 25. The second-order valence-electron chi connectivity index (χ2n) is 26.4. The van der Waals surface area contributed by atoms with E-state index < -0.39 is 60.3 Å². The van der Waals surface area contributed by atoms with Crippen molar-refractivity contribution >= 4 is 87.1 Å². The number of carboxylic acid groups (broad SMARTS) is 2. The second-order valence-corrected chi connectivity index (χ2v) is 26.4. The largest absolute Gasteiger partial charge is 1.00 e. The number of aliphatic carboxylic acids is 1. The Morgan fingerprint density at radius 2 is 0.784 bits per heavy atom. The van der Waals surface area contributed by atoms with Crippen LogP contribution < -0.4 is 49.9 Å². The van der Waals surface area contributed by atoms with Gasteiger partial charge in [-0.1, -0.05) is 0 Å². The topological polar surface area (TPSA) is 454 Å². The molecule has 6 aliphatic rings. The van der Waals surface area contributed by atoms with Crippen LogP contribution in [0.15, 0.2) is 74.0 Å². The first-order chi connectivity index (χ1) is 52.1. The maximum atomic E-state index is 13.8. The summed E-state index contributed by atoms with van der Waals surface area (Å²) in [4.78, 5) is 91.3. The van der Waals surface area contributed by atoms with Gasteiger partial charge in [-0.05, 0) is 95.2 Å². The number of anilines is 6. The van der Waals surface area contributed by atoms with Crippen molar-refractivity contribution in [2.45, 2.75) is 114 Å². The van der Waals surface area contributed by atoms with Gasteiger partial charge in [0.05, 0.1) is 125 Å². The third kappa shape index (κ3) is 20.0. The van der Waals surface area contributed by atoms with Crippen LogP contribution in [0.2, 0.25) is 0 Å². The van der Waals surface area contributed by atoms with E-state index in [0.29, 0.717) is 171 Å². The zero-order valence-corrected chi connectivity index (χ0v) is 60.8. The van der Waals surface area contributed by atoms with E-state index in [1.807, 2.05) is 15.9 Å². The van der Waals surface area contributed by atoms with Crippen LogP contribution in [0, 0.1) is 17.8 Å². The number of morpholine rings is 3. The number of aromatic nitrogens is 15. The minimum Gasteiger partial charge on any atom is -0.870 e. The zero-order chi connectivity index (χ0) is 76.3. The number of nitrogens with two attached hydrogens (primary N) is 1. The van der Waals surface area contributed by atoms with Crippen LogP contribution in [0.3, 0.4) is 0 Å². The molecule has 0 radical (unpaired) electrons. The Labute approximate surface area is 640 Å². The van der Waals surface area contributed by atoms with Gasteiger partial charge in [0, 0.05) is 76.4 Å². The predicted molar refractivity (Wildman–Crippen MR) is 377 cm³/mol. The van der Waals surface area contributed by atoms with Gasteiger partial charge in [0.1, 0.15) is 34.1 Å². The number of carbonyl (C=O) groups excluding carboxylic acids is 4. The maximum Gasteiger partial charge on any atom is 1.00 e. The van der Waals surface area contributed by atoms with Crippen molar-refractivity contribution in [3.63, 3.8) is 0 Å². The molecule has 3 saturated carbocycles. The van der Waals surface area contributed by atoms with Crippen molar-refractivity contribution in [1.82, 2.24) is 73.1 Å². The molecule has 36 nitrogen and oxygen atoms in total. The van der Waals surface area contributed by atoms with E-state index in [0.717, 1.165) is 18.9 Å². The number of nitrogens with zero attached hydrogens (tertiary/aromatic N) is 18. The van der Waals surface area contributed by atoms with Gasteiger partial charge in [-0.2, -0.15) is 30.6 Å². The SMILES string of the molecule is COC(=O)C1CCC(n2cc(N)c(C(F)F)n2)CC1.COC(=O)C1CCC(n2cc(NC(=O)c3cnn4ccc(N5CCOCC5)nc34)c(C(F)F)n2)CC1.O.O=C(Nc1cn(C2CCC(C(=O)O)CC2)nc1C(F)F)c1cnn2ccc(N3CCOCC3)nc12.O=C(O)c1cnn2ccc(N3CCOCC3)nc12.[Li+].[OH-]. The molecule has 43 heteroatoms. The molecule has 6 fully saturated rings. The van der Waals surface area contributed by atoms with E-state index >= 15 is 0 Å². The summed E-state index contributed by atoms with van der Waals surface area (Å²) in [6, 6.07) is 5.10. The fraction of sp³-hybridized carbons (Fsp3) is 0.515. The summed E-state index contributed by atoms with van der Waals surface area (Å²) in [5.41, 5.74) is 5.41. The molecule has 594 valence electrons. The summed E-state index contributed by atoms with van der Waals surface area (Å²) in [6.45, 7) is 7.89. The molecule has 0 atom stereocenters. The van der Waals surface area contributed by atoms with Crippen LogP contribution >= 0.6 is 0 Å². The summed E-state index contributed by atoms with van der Waals surface area (Å²) in [5.74, 6) is -2.15. The predicted octanol–water partition coefficient (Wildman–Crippen LogP) is 4.20. The van der Waals surface area contributed by atoms with Crippen LogP contribution in [0.4, 0.5) is 60.9 Å². The molecular weight excluding hydrogens is 1470 g/mol. The van der Waals surface area contributed by atoms with Gasteiger partial charge >= 0.3 is 42.7 Å². The number of fused-ring (bicyclic) bond motifs is 3. The Bertz CT molecular complexity index is 4630. The molecule has 9 N–H and O–H groups in total. The number of methoxy groups -OCH3 is 2. The number of nitrogens with one attached hydrogen (secondary N) is 2. The van der Waals surface area contributed by atoms with Crippen LogP contribution in [0.25, 0.3) is 16.9 Å². The number of rotatable bonds is 17. The molecule has 0 unspecified atom stereocenters. The van der Waals surface area contributed by atoms with E-state index in [9.17, 15) is 60.2 Å². The summed E-state index contributed by atoms with van der Waals surface area (Å²) in [7, 11) is 2.73. The molecule has 15 rings (SSSR count). The smallest absolute Gasteiger partial charge is 0.870 e. The average molecular weight is 1560 g/mol. The second kappa shape index (κ2) is 38.4. The van der Waals surface area contributed by atoms with Crippen LogP contribution in [0.1, 0.15) is 163 Å². The first-order valence-corrected chi connectivity index (χ1v) is 35.3. The maximum absolute atomic E-state index is 13.8. The van der Waals surface area contributed by atoms with E-state index in [-0.39, 0.29) is 111 Å². The van der Waals surface area contributed by atoms with Crippen molar-refractivity contribution < 1.29 is 119 Å². The molecule has 12 heterocycles. The molecule has 3 saturated heterocycles. The molecule has 0 aromatic carbocycles. The average Bonchev–Trinajstić information content (AvgIpc) is 1.66. The Balaban J connectivity index is 0.000000176. The van der Waals surface area contributed by atoms with Gasteiger partial charge < -0.3 is 75.9 Å². The number of aromatic carboxylic acids is 1. The first-order valence-electron chi connectivity index (χ1n) is 35.3. The van der Waals surface area contributed by atoms with Gasteiger partial charge in [0.2, 0.25) is 0 Å². The number of esters is 2. The zero-order valence-electron chi connectivity index (χ0n) is 60.8. The standard InChI is InChI=1S/C23H27F2N7O4.C22H25F2N7O4.C12H17F2N3O2.C11H12N4O3.Li.2H2O/c1-35-23(34)14-2-4-15(5-3-14)32-13-17(19(29-32)20(24)25)27-22(33)16-12-26-31-7-6-18(28-21(16)31)30-8-10-36-11-9-30;23-19(24)18-16(12-31(28-18)14-3-1-13(2-4-14)22(33)34)26-21(32)15-11-25-30-6-5-17(27-20(15)30)29-7-9-35-10-8-29;1-19-12(18)7-2-4-8(5-3-7)17-6-9(15)10(16-17)11(13)14;16-11(17)8-7-12-15-2-1-9(13-10(8)15)14-3-5-18-6-4-14;;;/h6-7,12-15,20H,2-5,8-11H2,1H3,(H,27,33);5-6,11-14,19H,1-4,7-10H2,(H,26,32)(H,33,34);6-8,11H,2-5,15H2,1H3;1-2,7H,3-6H2,(H,16,17);;2*1H2/q;;;;+1;;/p-1. The van der Waals surface area contributed by atoms with Crippen LogP contribution in [-0.2, 0) is 38.1 Å². The van der Waals surface area contributed by atoms with Gasteiger partial charge in [-0.3, -0.25) is 38.0 Å². The minimum atomic E-state index is -2.89. The molecule has 0 spiro atoms.